The molecule has 144 valence electrons. The van der Waals surface area contributed by atoms with E-state index in [0.29, 0.717) is 11.9 Å². The maximum atomic E-state index is 13.1. The molecule has 0 saturated heterocycles. The molecule has 0 spiro atoms. The summed E-state index contributed by atoms with van der Waals surface area (Å²) < 4.78 is 3.81. The van der Waals surface area contributed by atoms with Crippen LogP contribution in [0.2, 0.25) is 0 Å². The highest BCUT2D eigenvalue weighted by atomic mass is 16.2. The number of benzene rings is 2. The summed E-state index contributed by atoms with van der Waals surface area (Å²) in [5.41, 5.74) is 4.00. The monoisotopic (exact) mass is 384 g/mol. The molecule has 29 heavy (non-hydrogen) atoms. The molecule has 0 aliphatic carbocycles. The lowest BCUT2D eigenvalue weighted by molar-refractivity contribution is 0.0783. The van der Waals surface area contributed by atoms with E-state index >= 15 is 0 Å². The van der Waals surface area contributed by atoms with Gasteiger partial charge in [-0.3, -0.25) is 9.59 Å². The van der Waals surface area contributed by atoms with Crippen LogP contribution in [-0.4, -0.2) is 32.2 Å². The number of nitrogens with zero attached hydrogens (tertiary/aromatic N) is 4. The highest BCUT2D eigenvalue weighted by Gasteiger charge is 2.22. The van der Waals surface area contributed by atoms with Gasteiger partial charge < -0.3 is 9.47 Å². The summed E-state index contributed by atoms with van der Waals surface area (Å²) in [6.07, 6.45) is 6.25. The Balaban J connectivity index is 1.43. The first-order valence-corrected chi connectivity index (χ1v) is 9.61. The number of hydrogen-bond acceptors (Lipinski definition) is 3. The van der Waals surface area contributed by atoms with Crippen molar-refractivity contribution in [1.29, 1.82) is 0 Å². The Morgan fingerprint density at radius 2 is 1.93 bits per heavy atom. The zero-order chi connectivity index (χ0) is 20.0. The summed E-state index contributed by atoms with van der Waals surface area (Å²) in [5.74, 6) is -0.273. The molecule has 5 rings (SSSR count). The van der Waals surface area contributed by atoms with Crippen LogP contribution in [0.3, 0.4) is 0 Å². The predicted molar refractivity (Wildman–Crippen MR) is 111 cm³/mol. The first-order valence-electron chi connectivity index (χ1n) is 9.61. The van der Waals surface area contributed by atoms with E-state index in [9.17, 15) is 9.59 Å². The van der Waals surface area contributed by atoms with Crippen LogP contribution in [0.4, 0.5) is 0 Å². The van der Waals surface area contributed by atoms with Crippen molar-refractivity contribution in [2.45, 2.75) is 19.5 Å². The van der Waals surface area contributed by atoms with Gasteiger partial charge in [0.15, 0.2) is 0 Å². The van der Waals surface area contributed by atoms with Crippen LogP contribution in [0.1, 0.15) is 21.5 Å². The number of rotatable bonds is 4. The quantitative estimate of drug-likeness (QED) is 0.543. The molecule has 2 aromatic heterocycles. The Morgan fingerprint density at radius 1 is 1.10 bits per heavy atom. The van der Waals surface area contributed by atoms with Crippen LogP contribution in [0.25, 0.3) is 16.6 Å². The molecule has 0 bridgehead atoms. The average molecular weight is 384 g/mol. The fourth-order valence-electron chi connectivity index (χ4n) is 4.02. The van der Waals surface area contributed by atoms with Crippen LogP contribution >= 0.6 is 0 Å². The molecule has 0 unspecified atom stereocenters. The molecule has 3 heterocycles. The molecule has 4 aromatic rings. The number of carbonyl (C=O) groups is 1. The highest BCUT2D eigenvalue weighted by Crippen LogP contribution is 2.24. The van der Waals surface area contributed by atoms with Crippen molar-refractivity contribution in [3.63, 3.8) is 0 Å². The van der Waals surface area contributed by atoms with Crippen molar-refractivity contribution in [3.8, 4) is 5.69 Å². The minimum Gasteiger partial charge on any atom is -0.346 e. The van der Waals surface area contributed by atoms with Gasteiger partial charge in [-0.25, -0.2) is 4.68 Å². The van der Waals surface area contributed by atoms with E-state index in [0.717, 1.165) is 29.7 Å². The van der Waals surface area contributed by atoms with Crippen molar-refractivity contribution >= 4 is 16.8 Å². The van der Waals surface area contributed by atoms with Crippen LogP contribution < -0.4 is 5.43 Å². The van der Waals surface area contributed by atoms with Gasteiger partial charge in [-0.05, 0) is 30.2 Å². The number of pyridine rings is 1. The highest BCUT2D eigenvalue weighted by molar-refractivity contribution is 5.98. The lowest BCUT2D eigenvalue weighted by Gasteiger charge is -2.17. The zero-order valence-corrected chi connectivity index (χ0v) is 16.1. The summed E-state index contributed by atoms with van der Waals surface area (Å²) in [6, 6.07) is 15.6. The first-order chi connectivity index (χ1) is 14.1. The second-order valence-electron chi connectivity index (χ2n) is 7.42. The molecule has 1 amide bonds. The third kappa shape index (κ3) is 2.93. The van der Waals surface area contributed by atoms with E-state index in [2.05, 4.69) is 5.10 Å². The topological polar surface area (TPSA) is 60.1 Å². The second-order valence-corrected chi connectivity index (χ2v) is 7.42. The van der Waals surface area contributed by atoms with E-state index < -0.39 is 0 Å². The predicted octanol–water partition coefficient (Wildman–Crippen LogP) is 3.02. The SMILES string of the molecule is CN(Cc1cnn(-c2ccccc2)c1)C(=O)c1cn2c3c(cccc3c1=O)CC2. The van der Waals surface area contributed by atoms with Crippen LogP contribution in [-0.2, 0) is 19.5 Å². The van der Waals surface area contributed by atoms with Crippen molar-refractivity contribution in [1.82, 2.24) is 19.2 Å². The van der Waals surface area contributed by atoms with Gasteiger partial charge in [0.05, 0.1) is 17.4 Å². The Labute approximate surface area is 167 Å². The van der Waals surface area contributed by atoms with Crippen molar-refractivity contribution in [3.05, 3.63) is 94.0 Å². The maximum Gasteiger partial charge on any atom is 0.259 e. The van der Waals surface area contributed by atoms with Gasteiger partial charge in [0.2, 0.25) is 5.43 Å². The fraction of sp³-hybridized carbons (Fsp3) is 0.174. The standard InChI is InChI=1S/C23H20N4O2/c1-25(13-16-12-24-27(14-16)18-7-3-2-4-8-18)23(29)20-15-26-11-10-17-6-5-9-19(21(17)26)22(20)28/h2-9,12,14-15H,10-11,13H2,1H3. The fourth-order valence-corrected chi connectivity index (χ4v) is 4.02. The normalized spacial score (nSPS) is 12.4. The molecule has 6 nitrogen and oxygen atoms in total. The lowest BCUT2D eigenvalue weighted by Crippen LogP contribution is -2.31. The lowest BCUT2D eigenvalue weighted by atomic mass is 10.1. The van der Waals surface area contributed by atoms with Gasteiger partial charge in [-0.15, -0.1) is 0 Å². The molecule has 0 fully saturated rings. The maximum absolute atomic E-state index is 13.1. The van der Waals surface area contributed by atoms with Gasteiger partial charge in [0, 0.05) is 43.5 Å². The number of hydrogen-bond donors (Lipinski definition) is 0. The molecule has 1 aliphatic heterocycles. The molecule has 2 aromatic carbocycles. The number of para-hydroxylation sites is 2. The van der Waals surface area contributed by atoms with E-state index in [1.54, 1.807) is 29.0 Å². The number of carbonyl (C=O) groups excluding carboxylic acids is 1. The Bertz CT molecular complexity index is 1290. The summed E-state index contributed by atoms with van der Waals surface area (Å²) in [4.78, 5) is 27.6. The minimum atomic E-state index is -0.273. The van der Waals surface area contributed by atoms with Gasteiger partial charge in [-0.2, -0.15) is 5.10 Å². The summed E-state index contributed by atoms with van der Waals surface area (Å²) >= 11 is 0. The molecular formula is C23H20N4O2. The molecular weight excluding hydrogens is 364 g/mol. The number of aromatic nitrogens is 3. The summed E-state index contributed by atoms with van der Waals surface area (Å²) in [6.45, 7) is 1.17. The molecule has 0 N–H and O–H groups in total. The average Bonchev–Trinajstić information content (AvgIpc) is 3.38. The minimum absolute atomic E-state index is 0.197. The molecule has 0 atom stereocenters. The van der Waals surface area contributed by atoms with Gasteiger partial charge in [0.25, 0.3) is 5.91 Å². The first kappa shape index (κ1) is 17.4. The van der Waals surface area contributed by atoms with E-state index in [1.165, 1.54) is 5.56 Å². The summed E-state index contributed by atoms with van der Waals surface area (Å²) in [5, 5.41) is 5.00. The van der Waals surface area contributed by atoms with Crippen molar-refractivity contribution < 1.29 is 4.79 Å². The van der Waals surface area contributed by atoms with Crippen molar-refractivity contribution in [2.24, 2.45) is 0 Å². The smallest absolute Gasteiger partial charge is 0.259 e. The van der Waals surface area contributed by atoms with E-state index in [-0.39, 0.29) is 16.9 Å². The summed E-state index contributed by atoms with van der Waals surface area (Å²) in [7, 11) is 1.71. The molecule has 1 aliphatic rings. The largest absolute Gasteiger partial charge is 0.346 e. The van der Waals surface area contributed by atoms with Gasteiger partial charge >= 0.3 is 0 Å². The van der Waals surface area contributed by atoms with Crippen LogP contribution in [0.5, 0.6) is 0 Å². The Morgan fingerprint density at radius 3 is 2.76 bits per heavy atom. The third-order valence-corrected chi connectivity index (χ3v) is 5.46. The van der Waals surface area contributed by atoms with Gasteiger partial charge in [0.1, 0.15) is 5.56 Å². The second kappa shape index (κ2) is 6.74. The molecule has 6 heteroatoms. The van der Waals surface area contributed by atoms with Gasteiger partial charge in [-0.1, -0.05) is 30.3 Å². The third-order valence-electron chi connectivity index (χ3n) is 5.46. The van der Waals surface area contributed by atoms with Crippen LogP contribution in [0.15, 0.2) is 71.9 Å². The van der Waals surface area contributed by atoms with Crippen LogP contribution in [0, 0.1) is 0 Å². The Kier molecular flexibility index (Phi) is 4.05. The molecule has 0 radical (unpaired) electrons. The van der Waals surface area contributed by atoms with Crippen molar-refractivity contribution in [2.75, 3.05) is 7.05 Å². The molecule has 0 saturated carbocycles. The number of aryl methyl sites for hydroxylation is 2. The van der Waals surface area contributed by atoms with E-state index in [4.69, 9.17) is 0 Å². The zero-order valence-electron chi connectivity index (χ0n) is 16.1. The Hall–Kier alpha value is -3.67. The van der Waals surface area contributed by atoms with E-state index in [1.807, 2.05) is 59.3 Å². The number of amides is 1.